The zero-order valence-electron chi connectivity index (χ0n) is 13.6. The highest BCUT2D eigenvalue weighted by atomic mass is 16.5. The van der Waals surface area contributed by atoms with Crippen LogP contribution in [-0.2, 0) is 10.2 Å². The molecule has 2 atom stereocenters. The second-order valence-corrected chi connectivity index (χ2v) is 7.46. The van der Waals surface area contributed by atoms with Crippen molar-refractivity contribution in [2.45, 2.75) is 44.2 Å². The summed E-state index contributed by atoms with van der Waals surface area (Å²) in [6, 6.07) is 5.91. The fourth-order valence-corrected chi connectivity index (χ4v) is 4.04. The highest BCUT2D eigenvalue weighted by molar-refractivity contribution is 6.00. The predicted octanol–water partition coefficient (Wildman–Crippen LogP) is 1.71. The van der Waals surface area contributed by atoms with Gasteiger partial charge in [0.05, 0.1) is 25.3 Å². The number of amides is 2. The molecule has 1 N–H and O–H groups in total. The van der Waals surface area contributed by atoms with E-state index in [1.165, 1.54) is 0 Å². The van der Waals surface area contributed by atoms with Gasteiger partial charge in [0, 0.05) is 23.1 Å². The molecule has 2 unspecified atom stereocenters. The van der Waals surface area contributed by atoms with Gasteiger partial charge >= 0.3 is 0 Å². The molecule has 4 rings (SSSR count). The standard InChI is InChI=1S/C18H22N2O3/c1-18(2)10-19-16(21)14-6-3-11(7-15(14)18)17(22)20-12-4-5-13(20)9-23-8-12/h3,6-7,12-13H,4-5,8-10H2,1-2H3,(H,19,21). The van der Waals surface area contributed by atoms with E-state index in [0.29, 0.717) is 30.9 Å². The Labute approximate surface area is 136 Å². The third-order valence-electron chi connectivity index (χ3n) is 5.41. The summed E-state index contributed by atoms with van der Waals surface area (Å²) in [6.45, 7) is 6.07. The minimum absolute atomic E-state index is 0.0511. The van der Waals surface area contributed by atoms with Crippen molar-refractivity contribution in [2.75, 3.05) is 19.8 Å². The summed E-state index contributed by atoms with van der Waals surface area (Å²) in [6.07, 6.45) is 2.05. The van der Waals surface area contributed by atoms with Gasteiger partial charge in [0.15, 0.2) is 0 Å². The molecule has 0 radical (unpaired) electrons. The zero-order chi connectivity index (χ0) is 16.2. The van der Waals surface area contributed by atoms with Gasteiger partial charge in [-0.05, 0) is 36.6 Å². The Balaban J connectivity index is 1.70. The van der Waals surface area contributed by atoms with Crippen LogP contribution in [-0.4, -0.2) is 48.6 Å². The number of carbonyl (C=O) groups is 2. The molecule has 5 heteroatoms. The van der Waals surface area contributed by atoms with Crippen molar-refractivity contribution < 1.29 is 14.3 Å². The Morgan fingerprint density at radius 2 is 1.96 bits per heavy atom. The van der Waals surface area contributed by atoms with Crippen LogP contribution in [0.15, 0.2) is 18.2 Å². The summed E-state index contributed by atoms with van der Waals surface area (Å²) in [7, 11) is 0. The van der Waals surface area contributed by atoms with Crippen molar-refractivity contribution in [3.63, 3.8) is 0 Å². The quantitative estimate of drug-likeness (QED) is 0.858. The fraction of sp³-hybridized carbons (Fsp3) is 0.556. The van der Waals surface area contributed by atoms with Crippen LogP contribution in [0.5, 0.6) is 0 Å². The number of fused-ring (bicyclic) bond motifs is 3. The van der Waals surface area contributed by atoms with Gasteiger partial charge in [-0.2, -0.15) is 0 Å². The molecule has 122 valence electrons. The molecule has 2 fully saturated rings. The van der Waals surface area contributed by atoms with Gasteiger partial charge in [0.1, 0.15) is 0 Å². The number of nitrogens with zero attached hydrogens (tertiary/aromatic N) is 1. The van der Waals surface area contributed by atoms with Gasteiger partial charge in [0.2, 0.25) is 0 Å². The average molecular weight is 314 g/mol. The molecule has 2 amide bonds. The Morgan fingerprint density at radius 1 is 1.26 bits per heavy atom. The fourth-order valence-electron chi connectivity index (χ4n) is 4.04. The Kier molecular flexibility index (Phi) is 3.23. The van der Waals surface area contributed by atoms with E-state index in [1.54, 1.807) is 12.1 Å². The van der Waals surface area contributed by atoms with Crippen LogP contribution in [0.3, 0.4) is 0 Å². The topological polar surface area (TPSA) is 58.6 Å². The molecule has 3 aliphatic heterocycles. The first-order valence-corrected chi connectivity index (χ1v) is 8.30. The van der Waals surface area contributed by atoms with E-state index < -0.39 is 0 Å². The number of morpholine rings is 1. The summed E-state index contributed by atoms with van der Waals surface area (Å²) >= 11 is 0. The lowest BCUT2D eigenvalue weighted by Gasteiger charge is -2.36. The molecule has 23 heavy (non-hydrogen) atoms. The molecule has 1 aromatic rings. The van der Waals surface area contributed by atoms with E-state index in [1.807, 2.05) is 11.0 Å². The number of ether oxygens (including phenoxy) is 1. The maximum Gasteiger partial charge on any atom is 0.254 e. The predicted molar refractivity (Wildman–Crippen MR) is 85.6 cm³/mol. The van der Waals surface area contributed by atoms with Crippen LogP contribution >= 0.6 is 0 Å². The van der Waals surface area contributed by atoms with E-state index in [9.17, 15) is 9.59 Å². The number of hydrogen-bond acceptors (Lipinski definition) is 3. The third kappa shape index (κ3) is 2.26. The van der Waals surface area contributed by atoms with Gasteiger partial charge in [-0.3, -0.25) is 9.59 Å². The first-order chi connectivity index (χ1) is 11.0. The number of hydrogen-bond donors (Lipinski definition) is 1. The minimum atomic E-state index is -0.163. The van der Waals surface area contributed by atoms with Crippen molar-refractivity contribution in [2.24, 2.45) is 0 Å². The Hall–Kier alpha value is -1.88. The van der Waals surface area contributed by atoms with Crippen molar-refractivity contribution in [3.05, 3.63) is 34.9 Å². The average Bonchev–Trinajstić information content (AvgIpc) is 2.79. The first-order valence-electron chi connectivity index (χ1n) is 8.30. The second kappa shape index (κ2) is 5.06. The highest BCUT2D eigenvalue weighted by Gasteiger charge is 2.41. The number of nitrogens with one attached hydrogen (secondary N) is 1. The van der Waals surface area contributed by atoms with Gasteiger partial charge < -0.3 is 15.0 Å². The summed E-state index contributed by atoms with van der Waals surface area (Å²) in [5, 5.41) is 2.91. The summed E-state index contributed by atoms with van der Waals surface area (Å²) < 4.78 is 5.56. The van der Waals surface area contributed by atoms with Gasteiger partial charge in [-0.1, -0.05) is 13.8 Å². The molecule has 3 aliphatic rings. The summed E-state index contributed by atoms with van der Waals surface area (Å²) in [4.78, 5) is 27.1. The molecule has 0 spiro atoms. The molecule has 5 nitrogen and oxygen atoms in total. The van der Waals surface area contributed by atoms with E-state index >= 15 is 0 Å². The van der Waals surface area contributed by atoms with E-state index in [-0.39, 0.29) is 29.3 Å². The molecular weight excluding hydrogens is 292 g/mol. The van der Waals surface area contributed by atoms with Crippen molar-refractivity contribution in [3.8, 4) is 0 Å². The van der Waals surface area contributed by atoms with Crippen LogP contribution in [0, 0.1) is 0 Å². The third-order valence-corrected chi connectivity index (χ3v) is 5.41. The number of rotatable bonds is 1. The van der Waals surface area contributed by atoms with Crippen LogP contribution in [0.1, 0.15) is 53.0 Å². The maximum atomic E-state index is 13.0. The molecule has 2 bridgehead atoms. The van der Waals surface area contributed by atoms with Crippen LogP contribution in [0.4, 0.5) is 0 Å². The molecule has 3 heterocycles. The molecule has 2 saturated heterocycles. The monoisotopic (exact) mass is 314 g/mol. The Morgan fingerprint density at radius 3 is 2.65 bits per heavy atom. The van der Waals surface area contributed by atoms with Crippen molar-refractivity contribution >= 4 is 11.8 Å². The summed E-state index contributed by atoms with van der Waals surface area (Å²) in [5.74, 6) is 0.0233. The van der Waals surface area contributed by atoms with Gasteiger partial charge in [-0.15, -0.1) is 0 Å². The molecule has 0 aliphatic carbocycles. The normalized spacial score (nSPS) is 28.3. The van der Waals surface area contributed by atoms with Crippen LogP contribution < -0.4 is 5.32 Å². The van der Waals surface area contributed by atoms with E-state index in [0.717, 1.165) is 18.4 Å². The van der Waals surface area contributed by atoms with Crippen molar-refractivity contribution in [1.29, 1.82) is 0 Å². The van der Waals surface area contributed by atoms with E-state index in [4.69, 9.17) is 4.74 Å². The van der Waals surface area contributed by atoms with Gasteiger partial charge in [-0.25, -0.2) is 0 Å². The smallest absolute Gasteiger partial charge is 0.254 e. The number of carbonyl (C=O) groups excluding carboxylic acids is 2. The lowest BCUT2D eigenvalue weighted by molar-refractivity contribution is -0.00717. The number of benzene rings is 1. The van der Waals surface area contributed by atoms with E-state index in [2.05, 4.69) is 19.2 Å². The molecule has 0 aromatic heterocycles. The lowest BCUT2D eigenvalue weighted by Crippen LogP contribution is -2.49. The second-order valence-electron chi connectivity index (χ2n) is 7.46. The van der Waals surface area contributed by atoms with Crippen LogP contribution in [0.25, 0.3) is 0 Å². The SMILES string of the molecule is CC1(C)CNC(=O)c2ccc(C(=O)N3C4CCC3COC4)cc21. The molecule has 1 aromatic carbocycles. The minimum Gasteiger partial charge on any atom is -0.377 e. The Bertz CT molecular complexity index is 667. The largest absolute Gasteiger partial charge is 0.377 e. The molecular formula is C18H22N2O3. The van der Waals surface area contributed by atoms with Crippen LogP contribution in [0.2, 0.25) is 0 Å². The lowest BCUT2D eigenvalue weighted by atomic mass is 9.78. The zero-order valence-corrected chi connectivity index (χ0v) is 13.6. The maximum absolute atomic E-state index is 13.0. The molecule has 0 saturated carbocycles. The highest BCUT2D eigenvalue weighted by Crippen LogP contribution is 2.33. The van der Waals surface area contributed by atoms with Crippen molar-refractivity contribution in [1.82, 2.24) is 10.2 Å². The summed E-state index contributed by atoms with van der Waals surface area (Å²) in [5.41, 5.74) is 2.17. The van der Waals surface area contributed by atoms with Gasteiger partial charge in [0.25, 0.3) is 11.8 Å². The first kappa shape index (κ1) is 14.7.